The Hall–Kier alpha value is -2.15. The number of rotatable bonds is 3. The minimum absolute atomic E-state index is 0.333. The Morgan fingerprint density at radius 3 is 2.87 bits per heavy atom. The number of hydrogen-bond acceptors (Lipinski definition) is 5. The fourth-order valence-corrected chi connectivity index (χ4v) is 3.15. The summed E-state index contributed by atoms with van der Waals surface area (Å²) in [5.74, 6) is -0.333. The molecule has 0 saturated carbocycles. The number of hydrogen-bond donors (Lipinski definition) is 2. The number of anilines is 1. The Morgan fingerprint density at radius 2 is 2.09 bits per heavy atom. The zero-order valence-electron chi connectivity index (χ0n) is 11.6. The second-order valence-corrected chi connectivity index (χ2v) is 6.51. The first-order valence-corrected chi connectivity index (χ1v) is 8.05. The van der Waals surface area contributed by atoms with Crippen molar-refractivity contribution < 1.29 is 4.79 Å². The quantitative estimate of drug-likeness (QED) is 0.545. The standard InChI is InChI=1S/C15H10Cl2N4OS/c16-10-3-1-9(11(17)6-10)7-19-21-14(22)8-2-4-12-13(5-8)23-15(18)20-12/h1-7H,(H2,18,20)(H,21,22)/b19-7-. The monoisotopic (exact) mass is 364 g/mol. The van der Waals surface area contributed by atoms with Crippen molar-refractivity contribution >= 4 is 62.0 Å². The van der Waals surface area contributed by atoms with Crippen molar-refractivity contribution in [2.75, 3.05) is 5.73 Å². The number of thiazole rings is 1. The zero-order valence-corrected chi connectivity index (χ0v) is 13.9. The Balaban J connectivity index is 1.73. The lowest BCUT2D eigenvalue weighted by atomic mass is 10.2. The molecule has 1 aromatic heterocycles. The molecule has 8 heteroatoms. The number of halogens is 2. The van der Waals surface area contributed by atoms with Crippen molar-refractivity contribution in [3.63, 3.8) is 0 Å². The highest BCUT2D eigenvalue weighted by atomic mass is 35.5. The molecule has 3 aromatic rings. The number of nitrogen functional groups attached to an aromatic ring is 1. The summed E-state index contributed by atoms with van der Waals surface area (Å²) in [7, 11) is 0. The lowest BCUT2D eigenvalue weighted by Crippen LogP contribution is -2.17. The summed E-state index contributed by atoms with van der Waals surface area (Å²) < 4.78 is 0.847. The normalized spacial score (nSPS) is 11.2. The van der Waals surface area contributed by atoms with E-state index < -0.39 is 0 Å². The van der Waals surface area contributed by atoms with E-state index in [-0.39, 0.29) is 5.91 Å². The van der Waals surface area contributed by atoms with E-state index in [1.165, 1.54) is 17.6 Å². The van der Waals surface area contributed by atoms with Crippen LogP contribution in [0.3, 0.4) is 0 Å². The van der Waals surface area contributed by atoms with Crippen LogP contribution in [0.15, 0.2) is 41.5 Å². The minimum atomic E-state index is -0.333. The fraction of sp³-hybridized carbons (Fsp3) is 0. The third-order valence-electron chi connectivity index (χ3n) is 3.00. The third kappa shape index (κ3) is 3.61. The summed E-state index contributed by atoms with van der Waals surface area (Å²) in [4.78, 5) is 16.2. The number of hydrazone groups is 1. The molecule has 0 spiro atoms. The van der Waals surface area contributed by atoms with E-state index in [0.717, 1.165) is 10.2 Å². The van der Waals surface area contributed by atoms with Crippen LogP contribution in [-0.2, 0) is 0 Å². The molecule has 2 aromatic carbocycles. The van der Waals surface area contributed by atoms with Crippen molar-refractivity contribution in [3.8, 4) is 0 Å². The molecule has 0 radical (unpaired) electrons. The zero-order chi connectivity index (χ0) is 16.4. The SMILES string of the molecule is Nc1nc2ccc(C(=O)N/N=C\c3ccc(Cl)cc3Cl)cc2s1. The highest BCUT2D eigenvalue weighted by molar-refractivity contribution is 7.22. The van der Waals surface area contributed by atoms with Crippen LogP contribution in [0.2, 0.25) is 10.0 Å². The molecule has 1 heterocycles. The molecule has 5 nitrogen and oxygen atoms in total. The highest BCUT2D eigenvalue weighted by Crippen LogP contribution is 2.24. The number of carbonyl (C=O) groups is 1. The summed E-state index contributed by atoms with van der Waals surface area (Å²) in [6.45, 7) is 0. The molecule has 3 rings (SSSR count). The first-order valence-electron chi connectivity index (χ1n) is 6.47. The second-order valence-electron chi connectivity index (χ2n) is 4.60. The van der Waals surface area contributed by atoms with Crippen molar-refractivity contribution in [1.82, 2.24) is 10.4 Å². The van der Waals surface area contributed by atoms with E-state index in [1.807, 2.05) is 0 Å². The van der Waals surface area contributed by atoms with Crippen molar-refractivity contribution in [3.05, 3.63) is 57.6 Å². The van der Waals surface area contributed by atoms with Gasteiger partial charge >= 0.3 is 0 Å². The molecule has 0 aliphatic rings. The summed E-state index contributed by atoms with van der Waals surface area (Å²) in [5.41, 5.74) is 9.99. The molecule has 0 aliphatic carbocycles. The van der Waals surface area contributed by atoms with E-state index >= 15 is 0 Å². The molecule has 116 valence electrons. The first-order chi connectivity index (χ1) is 11.0. The second kappa shape index (κ2) is 6.54. The molecular formula is C15H10Cl2N4OS. The first kappa shape index (κ1) is 15.7. The molecule has 23 heavy (non-hydrogen) atoms. The highest BCUT2D eigenvalue weighted by Gasteiger charge is 2.08. The predicted octanol–water partition coefficient (Wildman–Crippen LogP) is 3.95. The molecule has 0 atom stereocenters. The molecule has 0 bridgehead atoms. The van der Waals surface area contributed by atoms with E-state index in [0.29, 0.717) is 26.3 Å². The van der Waals surface area contributed by atoms with Gasteiger partial charge in [-0.05, 0) is 30.3 Å². The third-order valence-corrected chi connectivity index (χ3v) is 4.41. The van der Waals surface area contributed by atoms with Gasteiger partial charge in [0.1, 0.15) is 0 Å². The van der Waals surface area contributed by atoms with Crippen LogP contribution in [0.1, 0.15) is 15.9 Å². The van der Waals surface area contributed by atoms with Gasteiger partial charge in [-0.2, -0.15) is 5.10 Å². The van der Waals surface area contributed by atoms with E-state index in [1.54, 1.807) is 36.4 Å². The van der Waals surface area contributed by atoms with Gasteiger partial charge in [0.2, 0.25) is 0 Å². The maximum Gasteiger partial charge on any atom is 0.271 e. The Labute approximate surface area is 145 Å². The summed E-state index contributed by atoms with van der Waals surface area (Å²) in [6, 6.07) is 10.2. The van der Waals surface area contributed by atoms with Gasteiger partial charge in [0, 0.05) is 16.1 Å². The van der Waals surface area contributed by atoms with Gasteiger partial charge in [0.05, 0.1) is 21.5 Å². The smallest absolute Gasteiger partial charge is 0.271 e. The molecule has 1 amide bonds. The van der Waals surface area contributed by atoms with E-state index in [2.05, 4.69) is 15.5 Å². The number of benzene rings is 2. The van der Waals surface area contributed by atoms with E-state index in [4.69, 9.17) is 28.9 Å². The summed E-state index contributed by atoms with van der Waals surface area (Å²) >= 11 is 13.2. The lowest BCUT2D eigenvalue weighted by molar-refractivity contribution is 0.0955. The van der Waals surface area contributed by atoms with Gasteiger partial charge in [0.15, 0.2) is 5.13 Å². The van der Waals surface area contributed by atoms with Gasteiger partial charge in [-0.15, -0.1) is 0 Å². The molecular weight excluding hydrogens is 355 g/mol. The van der Waals surface area contributed by atoms with Crippen LogP contribution in [-0.4, -0.2) is 17.1 Å². The van der Waals surface area contributed by atoms with E-state index in [9.17, 15) is 4.79 Å². The Kier molecular flexibility index (Phi) is 4.47. The number of fused-ring (bicyclic) bond motifs is 1. The maximum absolute atomic E-state index is 12.1. The number of nitrogens with two attached hydrogens (primary N) is 1. The largest absolute Gasteiger partial charge is 0.375 e. The van der Waals surface area contributed by atoms with Crippen LogP contribution in [0.25, 0.3) is 10.2 Å². The molecule has 0 aliphatic heterocycles. The van der Waals surface area contributed by atoms with Gasteiger partial charge < -0.3 is 5.73 Å². The molecule has 0 unspecified atom stereocenters. The predicted molar refractivity (Wildman–Crippen MR) is 95.6 cm³/mol. The topological polar surface area (TPSA) is 80.4 Å². The Bertz CT molecular complexity index is 923. The number of aromatic nitrogens is 1. The molecule has 3 N–H and O–H groups in total. The summed E-state index contributed by atoms with van der Waals surface area (Å²) in [6.07, 6.45) is 1.46. The molecule has 0 fully saturated rings. The number of amides is 1. The molecule has 0 saturated heterocycles. The van der Waals surface area contributed by atoms with Crippen molar-refractivity contribution in [1.29, 1.82) is 0 Å². The number of nitrogens with one attached hydrogen (secondary N) is 1. The number of nitrogens with zero attached hydrogens (tertiary/aromatic N) is 2. The van der Waals surface area contributed by atoms with Crippen LogP contribution < -0.4 is 11.2 Å². The average molecular weight is 365 g/mol. The van der Waals surface area contributed by atoms with Crippen molar-refractivity contribution in [2.24, 2.45) is 5.10 Å². The van der Waals surface area contributed by atoms with Crippen LogP contribution in [0.4, 0.5) is 5.13 Å². The fourth-order valence-electron chi connectivity index (χ4n) is 1.91. The number of carbonyl (C=O) groups excluding carboxylic acids is 1. The lowest BCUT2D eigenvalue weighted by Gasteiger charge is -2.01. The maximum atomic E-state index is 12.1. The van der Waals surface area contributed by atoms with Gasteiger partial charge in [-0.3, -0.25) is 4.79 Å². The summed E-state index contributed by atoms with van der Waals surface area (Å²) in [5, 5.41) is 5.36. The van der Waals surface area contributed by atoms with Gasteiger partial charge in [-0.1, -0.05) is 40.6 Å². The average Bonchev–Trinajstić information content (AvgIpc) is 2.88. The minimum Gasteiger partial charge on any atom is -0.375 e. The Morgan fingerprint density at radius 1 is 1.26 bits per heavy atom. The van der Waals surface area contributed by atoms with Gasteiger partial charge in [-0.25, -0.2) is 10.4 Å². The van der Waals surface area contributed by atoms with Gasteiger partial charge in [0.25, 0.3) is 5.91 Å². The van der Waals surface area contributed by atoms with Crippen molar-refractivity contribution in [2.45, 2.75) is 0 Å². The van der Waals surface area contributed by atoms with Crippen LogP contribution in [0, 0.1) is 0 Å². The van der Waals surface area contributed by atoms with Crippen LogP contribution in [0.5, 0.6) is 0 Å². The van der Waals surface area contributed by atoms with Crippen LogP contribution >= 0.6 is 34.5 Å².